The summed E-state index contributed by atoms with van der Waals surface area (Å²) in [5.74, 6) is -0.804. The number of aliphatic hydroxyl groups is 1. The number of aliphatic hydroxyl groups excluding tert-OH is 1. The highest BCUT2D eigenvalue weighted by molar-refractivity contribution is 7.89. The largest absolute Gasteiger partial charge is 0.396 e. The minimum Gasteiger partial charge on any atom is -0.396 e. The van der Waals surface area contributed by atoms with E-state index in [0.29, 0.717) is 38.0 Å². The number of piperidine rings is 1. The molecule has 1 aliphatic rings. The van der Waals surface area contributed by atoms with Gasteiger partial charge in [0.05, 0.1) is 10.8 Å². The topological polar surface area (TPSA) is 116 Å². The summed E-state index contributed by atoms with van der Waals surface area (Å²) in [7, 11) is -3.70. The predicted octanol–water partition coefficient (Wildman–Crippen LogP) is 0.544. The van der Waals surface area contributed by atoms with Gasteiger partial charge in [-0.2, -0.15) is 4.31 Å². The number of amides is 2. The van der Waals surface area contributed by atoms with Crippen LogP contribution >= 0.6 is 0 Å². The Morgan fingerprint density at radius 1 is 1.27 bits per heavy atom. The third-order valence-electron chi connectivity index (χ3n) is 4.20. The fraction of sp³-hybridized carbons (Fsp3) is 0.529. The molecule has 0 spiro atoms. The molecule has 2 amide bonds. The molecule has 26 heavy (non-hydrogen) atoms. The van der Waals surface area contributed by atoms with Crippen molar-refractivity contribution >= 4 is 27.5 Å². The van der Waals surface area contributed by atoms with Gasteiger partial charge in [-0.05, 0) is 43.5 Å². The van der Waals surface area contributed by atoms with Gasteiger partial charge in [-0.3, -0.25) is 9.59 Å². The van der Waals surface area contributed by atoms with Crippen LogP contribution in [-0.2, 0) is 19.6 Å². The van der Waals surface area contributed by atoms with Gasteiger partial charge in [-0.15, -0.1) is 0 Å². The molecule has 2 rings (SSSR count). The Hall–Kier alpha value is -1.97. The maximum Gasteiger partial charge on any atom is 0.243 e. The smallest absolute Gasteiger partial charge is 0.243 e. The lowest BCUT2D eigenvalue weighted by molar-refractivity contribution is -0.126. The Balaban J connectivity index is 2.05. The molecule has 1 aliphatic heterocycles. The van der Waals surface area contributed by atoms with E-state index in [1.165, 1.54) is 35.5 Å². The van der Waals surface area contributed by atoms with Gasteiger partial charge in [0.15, 0.2) is 0 Å². The molecule has 1 saturated heterocycles. The van der Waals surface area contributed by atoms with Crippen molar-refractivity contribution in [3.63, 3.8) is 0 Å². The fourth-order valence-electron chi connectivity index (χ4n) is 2.87. The number of rotatable bonds is 7. The van der Waals surface area contributed by atoms with Gasteiger partial charge in [0.2, 0.25) is 21.8 Å². The van der Waals surface area contributed by atoms with Crippen LogP contribution < -0.4 is 10.6 Å². The van der Waals surface area contributed by atoms with Crippen molar-refractivity contribution in [3.05, 3.63) is 24.3 Å². The third-order valence-corrected chi connectivity index (χ3v) is 6.08. The molecular formula is C17H25N3O5S. The molecule has 1 aromatic rings. The first kappa shape index (κ1) is 20.3. The van der Waals surface area contributed by atoms with Gasteiger partial charge >= 0.3 is 0 Å². The van der Waals surface area contributed by atoms with Crippen molar-refractivity contribution in [2.75, 3.05) is 31.6 Å². The zero-order chi connectivity index (χ0) is 19.2. The lowest BCUT2D eigenvalue weighted by atomic mass is 9.99. The maximum atomic E-state index is 12.8. The summed E-state index contributed by atoms with van der Waals surface area (Å²) in [5, 5.41) is 14.1. The number of sulfonamides is 1. The Morgan fingerprint density at radius 2 is 1.96 bits per heavy atom. The molecule has 144 valence electrons. The maximum absolute atomic E-state index is 12.8. The van der Waals surface area contributed by atoms with E-state index in [0.717, 1.165) is 0 Å². The van der Waals surface area contributed by atoms with Crippen LogP contribution in [0.1, 0.15) is 26.2 Å². The summed E-state index contributed by atoms with van der Waals surface area (Å²) in [6, 6.07) is 5.98. The van der Waals surface area contributed by atoms with Gasteiger partial charge < -0.3 is 15.7 Å². The van der Waals surface area contributed by atoms with Crippen molar-refractivity contribution < 1.29 is 23.1 Å². The van der Waals surface area contributed by atoms with E-state index in [1.807, 2.05) is 0 Å². The zero-order valence-electron chi connectivity index (χ0n) is 14.8. The van der Waals surface area contributed by atoms with E-state index in [1.54, 1.807) is 0 Å². The van der Waals surface area contributed by atoms with E-state index < -0.39 is 15.9 Å². The summed E-state index contributed by atoms with van der Waals surface area (Å²) in [4.78, 5) is 23.4. The number of benzene rings is 1. The van der Waals surface area contributed by atoms with E-state index in [9.17, 15) is 18.0 Å². The number of nitrogens with zero attached hydrogens (tertiary/aromatic N) is 1. The van der Waals surface area contributed by atoms with Crippen LogP contribution in [0.15, 0.2) is 29.2 Å². The number of carbonyl (C=O) groups excluding carboxylic acids is 2. The second-order valence-corrected chi connectivity index (χ2v) is 8.21. The van der Waals surface area contributed by atoms with Crippen LogP contribution in [0.5, 0.6) is 0 Å². The Morgan fingerprint density at radius 3 is 2.58 bits per heavy atom. The van der Waals surface area contributed by atoms with E-state index in [2.05, 4.69) is 10.6 Å². The van der Waals surface area contributed by atoms with Crippen LogP contribution in [0, 0.1) is 5.92 Å². The highest BCUT2D eigenvalue weighted by Gasteiger charge is 2.33. The van der Waals surface area contributed by atoms with Crippen molar-refractivity contribution in [1.82, 2.24) is 9.62 Å². The van der Waals surface area contributed by atoms with Gasteiger partial charge in [0.1, 0.15) is 0 Å². The second kappa shape index (κ2) is 9.11. The lowest BCUT2D eigenvalue weighted by Crippen LogP contribution is -2.45. The summed E-state index contributed by atoms with van der Waals surface area (Å²) in [5.41, 5.74) is 0.524. The van der Waals surface area contributed by atoms with E-state index in [4.69, 9.17) is 5.11 Å². The molecule has 0 aliphatic carbocycles. The van der Waals surface area contributed by atoms with E-state index >= 15 is 0 Å². The minimum absolute atomic E-state index is 0.0000677. The average molecular weight is 383 g/mol. The normalized spacial score (nSPS) is 18.3. The number of hydrogen-bond donors (Lipinski definition) is 3. The van der Waals surface area contributed by atoms with Gasteiger partial charge in [-0.25, -0.2) is 8.42 Å². The lowest BCUT2D eigenvalue weighted by Gasteiger charge is -2.31. The second-order valence-electron chi connectivity index (χ2n) is 6.28. The number of nitrogens with one attached hydrogen (secondary N) is 2. The number of anilines is 1. The molecule has 0 aromatic heterocycles. The average Bonchev–Trinajstić information content (AvgIpc) is 2.62. The van der Waals surface area contributed by atoms with Crippen LogP contribution in [0.25, 0.3) is 0 Å². The SMILES string of the molecule is CC(=O)Nc1ccc(S(=O)(=O)N2CCC[C@H](C(=O)NCCCO)C2)cc1. The molecule has 0 unspecified atom stereocenters. The molecule has 1 heterocycles. The van der Waals surface area contributed by atoms with Crippen molar-refractivity contribution in [2.45, 2.75) is 31.1 Å². The molecule has 3 N–H and O–H groups in total. The van der Waals surface area contributed by atoms with Crippen molar-refractivity contribution in [3.8, 4) is 0 Å². The molecule has 1 atom stereocenters. The standard InChI is InChI=1S/C17H25N3O5S/c1-13(22)19-15-5-7-16(8-6-15)26(24,25)20-10-2-4-14(12-20)17(23)18-9-3-11-21/h5-8,14,21H,2-4,9-12H2,1H3,(H,18,23)(H,19,22)/t14-/m0/s1. The molecule has 9 heteroatoms. The zero-order valence-corrected chi connectivity index (χ0v) is 15.6. The molecule has 8 nitrogen and oxygen atoms in total. The molecule has 0 saturated carbocycles. The van der Waals surface area contributed by atoms with Crippen LogP contribution in [-0.4, -0.2) is 55.9 Å². The van der Waals surface area contributed by atoms with E-state index in [-0.39, 0.29) is 29.9 Å². The highest BCUT2D eigenvalue weighted by Crippen LogP contribution is 2.24. The summed E-state index contributed by atoms with van der Waals surface area (Å²) >= 11 is 0. The molecule has 1 aromatic carbocycles. The fourth-order valence-corrected chi connectivity index (χ4v) is 4.40. The molecule has 0 radical (unpaired) electrons. The summed E-state index contributed by atoms with van der Waals surface area (Å²) in [6.07, 6.45) is 1.72. The molecule has 1 fully saturated rings. The first-order chi connectivity index (χ1) is 12.3. The Bertz CT molecular complexity index is 733. The molecular weight excluding hydrogens is 358 g/mol. The summed E-state index contributed by atoms with van der Waals surface area (Å²) < 4.78 is 27.0. The number of carbonyl (C=O) groups is 2. The Kier molecular flexibility index (Phi) is 7.13. The highest BCUT2D eigenvalue weighted by atomic mass is 32.2. The molecule has 0 bridgehead atoms. The Labute approximate surface area is 153 Å². The predicted molar refractivity (Wildman–Crippen MR) is 96.9 cm³/mol. The van der Waals surface area contributed by atoms with Crippen molar-refractivity contribution in [2.24, 2.45) is 5.92 Å². The van der Waals surface area contributed by atoms with Crippen LogP contribution in [0.3, 0.4) is 0 Å². The third kappa shape index (κ3) is 5.26. The van der Waals surface area contributed by atoms with Gasteiger partial charge in [0, 0.05) is 38.9 Å². The quantitative estimate of drug-likeness (QED) is 0.595. The summed E-state index contributed by atoms with van der Waals surface area (Å²) in [6.45, 7) is 2.27. The van der Waals surface area contributed by atoms with Gasteiger partial charge in [-0.1, -0.05) is 0 Å². The minimum atomic E-state index is -3.70. The van der Waals surface area contributed by atoms with Crippen LogP contribution in [0.4, 0.5) is 5.69 Å². The van der Waals surface area contributed by atoms with Crippen molar-refractivity contribution in [1.29, 1.82) is 0 Å². The monoisotopic (exact) mass is 383 g/mol. The van der Waals surface area contributed by atoms with Gasteiger partial charge in [0.25, 0.3) is 0 Å². The first-order valence-corrected chi connectivity index (χ1v) is 10.0. The number of hydrogen-bond acceptors (Lipinski definition) is 5. The van der Waals surface area contributed by atoms with Crippen LogP contribution in [0.2, 0.25) is 0 Å². The first-order valence-electron chi connectivity index (χ1n) is 8.61.